The summed E-state index contributed by atoms with van der Waals surface area (Å²) in [5, 5.41) is 0. The van der Waals surface area contributed by atoms with Crippen molar-refractivity contribution in [3.8, 4) is 0 Å². The highest BCUT2D eigenvalue weighted by Gasteiger charge is 2.54. The van der Waals surface area contributed by atoms with Crippen LogP contribution in [0, 0.1) is 5.41 Å². The van der Waals surface area contributed by atoms with E-state index in [1.165, 1.54) is 19.5 Å². The highest BCUT2D eigenvalue weighted by Crippen LogP contribution is 2.47. The van der Waals surface area contributed by atoms with Crippen molar-refractivity contribution >= 4 is 6.03 Å². The molecule has 3 unspecified atom stereocenters. The van der Waals surface area contributed by atoms with Gasteiger partial charge in [0, 0.05) is 40.3 Å². The molecule has 0 aromatic rings. The fourth-order valence-corrected chi connectivity index (χ4v) is 2.90. The van der Waals surface area contributed by atoms with E-state index in [1.807, 2.05) is 11.9 Å². The normalized spacial score (nSPS) is 37.3. The molecule has 2 bridgehead atoms. The molecule has 3 heterocycles. The Bertz CT molecular complexity index is 275. The lowest BCUT2D eigenvalue weighted by Crippen LogP contribution is -2.60. The monoisotopic (exact) mass is 211 g/mol. The van der Waals surface area contributed by atoms with E-state index in [0.29, 0.717) is 11.5 Å². The van der Waals surface area contributed by atoms with Gasteiger partial charge in [-0.05, 0) is 18.4 Å². The quantitative estimate of drug-likeness (QED) is 0.672. The average Bonchev–Trinajstić information content (AvgIpc) is 2.69. The molecular weight excluding hydrogens is 190 g/mol. The van der Waals surface area contributed by atoms with Gasteiger partial charge in [-0.15, -0.1) is 0 Å². The van der Waals surface area contributed by atoms with Crippen molar-refractivity contribution in [2.24, 2.45) is 5.41 Å². The lowest BCUT2D eigenvalue weighted by molar-refractivity contribution is 0.00954. The molecule has 15 heavy (non-hydrogen) atoms. The van der Waals surface area contributed by atoms with Crippen molar-refractivity contribution in [3.05, 3.63) is 0 Å². The molecule has 3 atom stereocenters. The number of carbonyl (C=O) groups excluding carboxylic acids is 1. The van der Waals surface area contributed by atoms with Gasteiger partial charge in [0.15, 0.2) is 0 Å². The van der Waals surface area contributed by atoms with Gasteiger partial charge in [0.05, 0.1) is 0 Å². The van der Waals surface area contributed by atoms with Crippen LogP contribution in [0.15, 0.2) is 0 Å². The number of likely N-dealkylation sites (N-methyl/N-ethyl adjacent to an activating group) is 1. The van der Waals surface area contributed by atoms with Gasteiger partial charge < -0.3 is 9.80 Å². The number of nitrogens with zero attached hydrogens (tertiary/aromatic N) is 3. The predicted molar refractivity (Wildman–Crippen MR) is 59.8 cm³/mol. The number of carbonyl (C=O) groups is 1. The molecular formula is C11H21N3O. The fourth-order valence-electron chi connectivity index (χ4n) is 2.90. The maximum atomic E-state index is 11.7. The number of hydrogen-bond acceptors (Lipinski definition) is 2. The Morgan fingerprint density at radius 1 is 1.47 bits per heavy atom. The summed E-state index contributed by atoms with van der Waals surface area (Å²) in [6.07, 6.45) is 1.29. The summed E-state index contributed by atoms with van der Waals surface area (Å²) < 4.78 is 0. The lowest BCUT2D eigenvalue weighted by Gasteiger charge is -2.48. The second-order valence-electron chi connectivity index (χ2n) is 5.45. The van der Waals surface area contributed by atoms with Gasteiger partial charge in [-0.3, -0.25) is 4.90 Å². The Morgan fingerprint density at radius 3 is 2.53 bits per heavy atom. The van der Waals surface area contributed by atoms with Gasteiger partial charge in [0.1, 0.15) is 0 Å². The molecule has 3 aliphatic rings. The molecule has 3 rings (SSSR count). The van der Waals surface area contributed by atoms with Gasteiger partial charge in [-0.2, -0.15) is 0 Å². The van der Waals surface area contributed by atoms with Crippen LogP contribution in [-0.2, 0) is 0 Å². The number of urea groups is 1. The van der Waals surface area contributed by atoms with E-state index in [-0.39, 0.29) is 6.03 Å². The second-order valence-corrected chi connectivity index (χ2v) is 5.45. The Balaban J connectivity index is 1.91. The molecule has 0 radical (unpaired) electrons. The van der Waals surface area contributed by atoms with Gasteiger partial charge >= 0.3 is 6.03 Å². The minimum atomic E-state index is 0.103. The van der Waals surface area contributed by atoms with E-state index in [1.54, 1.807) is 19.0 Å². The topological polar surface area (TPSA) is 26.8 Å². The van der Waals surface area contributed by atoms with E-state index in [4.69, 9.17) is 0 Å². The van der Waals surface area contributed by atoms with Gasteiger partial charge in [0.25, 0.3) is 0 Å². The second kappa shape index (κ2) is 3.37. The summed E-state index contributed by atoms with van der Waals surface area (Å²) in [7, 11) is 5.50. The molecule has 2 amide bonds. The van der Waals surface area contributed by atoms with E-state index < -0.39 is 0 Å². The Kier molecular flexibility index (Phi) is 2.41. The highest BCUT2D eigenvalue weighted by atomic mass is 16.2. The zero-order valence-electron chi connectivity index (χ0n) is 10.2. The smallest absolute Gasteiger partial charge is 0.319 e. The SMILES string of the molecule is CN(C)C(=O)N(C)CC1N2CCC1(C)C2. The molecule has 0 spiro atoms. The average molecular weight is 211 g/mol. The summed E-state index contributed by atoms with van der Waals surface area (Å²) >= 11 is 0. The molecule has 3 fully saturated rings. The maximum Gasteiger partial charge on any atom is 0.319 e. The number of amides is 2. The van der Waals surface area contributed by atoms with Crippen LogP contribution in [0.2, 0.25) is 0 Å². The van der Waals surface area contributed by atoms with Crippen molar-refractivity contribution in [3.63, 3.8) is 0 Å². The van der Waals surface area contributed by atoms with Gasteiger partial charge in [-0.25, -0.2) is 4.79 Å². The van der Waals surface area contributed by atoms with Crippen molar-refractivity contribution < 1.29 is 4.79 Å². The van der Waals surface area contributed by atoms with Crippen LogP contribution in [0.3, 0.4) is 0 Å². The third-order valence-electron chi connectivity index (χ3n) is 3.94. The van der Waals surface area contributed by atoms with E-state index in [2.05, 4.69) is 11.8 Å². The molecule has 3 saturated heterocycles. The standard InChI is InChI=1S/C11H21N3O/c1-11-5-6-14(8-11)9(11)7-13(4)10(15)12(2)3/h9H,5-8H2,1-4H3. The summed E-state index contributed by atoms with van der Waals surface area (Å²) in [5.74, 6) is 0. The molecule has 4 nitrogen and oxygen atoms in total. The lowest BCUT2D eigenvalue weighted by atomic mass is 9.76. The Morgan fingerprint density at radius 2 is 2.13 bits per heavy atom. The zero-order valence-corrected chi connectivity index (χ0v) is 10.2. The van der Waals surface area contributed by atoms with E-state index in [9.17, 15) is 4.79 Å². The van der Waals surface area contributed by atoms with Crippen LogP contribution in [0.25, 0.3) is 0 Å². The van der Waals surface area contributed by atoms with Crippen LogP contribution < -0.4 is 0 Å². The molecule has 0 aromatic heterocycles. The number of hydrogen-bond donors (Lipinski definition) is 0. The third-order valence-corrected chi connectivity index (χ3v) is 3.94. The summed E-state index contributed by atoms with van der Waals surface area (Å²) in [5.41, 5.74) is 0.473. The predicted octanol–water partition coefficient (Wildman–Crippen LogP) is 0.694. The summed E-state index contributed by atoms with van der Waals surface area (Å²) in [4.78, 5) is 17.6. The first-order valence-corrected chi connectivity index (χ1v) is 5.60. The van der Waals surface area contributed by atoms with Crippen LogP contribution in [-0.4, -0.2) is 67.5 Å². The first kappa shape index (κ1) is 10.7. The van der Waals surface area contributed by atoms with Gasteiger partial charge in [0.2, 0.25) is 0 Å². The summed E-state index contributed by atoms with van der Waals surface area (Å²) in [6, 6.07) is 0.692. The zero-order chi connectivity index (χ0) is 11.2. The molecule has 4 heteroatoms. The Labute approximate surface area is 91.8 Å². The summed E-state index contributed by atoms with van der Waals surface area (Å²) in [6.45, 7) is 5.65. The van der Waals surface area contributed by atoms with E-state index in [0.717, 1.165) is 6.54 Å². The molecule has 0 saturated carbocycles. The van der Waals surface area contributed by atoms with Crippen molar-refractivity contribution in [2.45, 2.75) is 19.4 Å². The highest BCUT2D eigenvalue weighted by molar-refractivity contribution is 5.73. The minimum Gasteiger partial charge on any atom is -0.331 e. The minimum absolute atomic E-state index is 0.103. The number of rotatable bonds is 2. The largest absolute Gasteiger partial charge is 0.331 e. The molecule has 0 aromatic carbocycles. The van der Waals surface area contributed by atoms with Crippen molar-refractivity contribution in [1.29, 1.82) is 0 Å². The van der Waals surface area contributed by atoms with Crippen LogP contribution in [0.4, 0.5) is 4.79 Å². The molecule has 0 N–H and O–H groups in total. The first-order valence-electron chi connectivity index (χ1n) is 5.60. The molecule has 0 aliphatic carbocycles. The van der Waals surface area contributed by atoms with Crippen molar-refractivity contribution in [2.75, 3.05) is 40.8 Å². The van der Waals surface area contributed by atoms with Gasteiger partial charge in [-0.1, -0.05) is 6.92 Å². The molecule has 86 valence electrons. The van der Waals surface area contributed by atoms with Crippen LogP contribution >= 0.6 is 0 Å². The third kappa shape index (κ3) is 1.61. The first-order chi connectivity index (χ1) is 6.94. The van der Waals surface area contributed by atoms with Crippen LogP contribution in [0.5, 0.6) is 0 Å². The fraction of sp³-hybridized carbons (Fsp3) is 0.909. The van der Waals surface area contributed by atoms with Crippen molar-refractivity contribution in [1.82, 2.24) is 14.7 Å². The Hall–Kier alpha value is -0.770. The number of fused-ring (bicyclic) bond motifs is 1. The molecule has 3 aliphatic heterocycles. The maximum absolute atomic E-state index is 11.7. The van der Waals surface area contributed by atoms with E-state index >= 15 is 0 Å². The van der Waals surface area contributed by atoms with Crippen LogP contribution in [0.1, 0.15) is 13.3 Å².